The maximum atomic E-state index is 5.18. The average Bonchev–Trinajstić information content (AvgIpc) is 1.85. The van der Waals surface area contributed by atoms with Crippen LogP contribution in [0.15, 0.2) is 0 Å². The van der Waals surface area contributed by atoms with Crippen molar-refractivity contribution >= 4 is 0 Å². The molecule has 0 aromatic heterocycles. The summed E-state index contributed by atoms with van der Waals surface area (Å²) in [4.78, 5) is 2.38. The van der Waals surface area contributed by atoms with Crippen molar-refractivity contribution in [2.24, 2.45) is 0 Å². The van der Waals surface area contributed by atoms with Crippen molar-refractivity contribution in [3.63, 3.8) is 0 Å². The van der Waals surface area contributed by atoms with Gasteiger partial charge in [0.05, 0.1) is 6.10 Å². The van der Waals surface area contributed by atoms with Crippen molar-refractivity contribution in [1.29, 1.82) is 0 Å². The van der Waals surface area contributed by atoms with E-state index in [0.717, 1.165) is 12.6 Å². The van der Waals surface area contributed by atoms with E-state index in [9.17, 15) is 0 Å². The largest absolute Gasteiger partial charge is 0.381 e. The second-order valence-electron chi connectivity index (χ2n) is 3.06. The van der Waals surface area contributed by atoms with Gasteiger partial charge in [0, 0.05) is 13.2 Å². The van der Waals surface area contributed by atoms with Gasteiger partial charge in [0.1, 0.15) is 0 Å². The van der Waals surface area contributed by atoms with Crippen molar-refractivity contribution in [3.05, 3.63) is 0 Å². The Morgan fingerprint density at radius 3 is 2.50 bits per heavy atom. The molecule has 0 bridgehead atoms. The minimum Gasteiger partial charge on any atom is -0.381 e. The predicted octanol–water partition coefficient (Wildman–Crippen LogP) is 1.12. The van der Waals surface area contributed by atoms with Crippen LogP contribution in [0, 0.1) is 0 Å². The zero-order valence-corrected chi connectivity index (χ0v) is 7.13. The van der Waals surface area contributed by atoms with Crippen molar-refractivity contribution in [3.8, 4) is 0 Å². The van der Waals surface area contributed by atoms with Crippen LogP contribution in [0.3, 0.4) is 0 Å². The molecule has 1 saturated carbocycles. The van der Waals surface area contributed by atoms with Crippen LogP contribution in [0.5, 0.6) is 0 Å². The summed E-state index contributed by atoms with van der Waals surface area (Å²) < 4.78 is 5.18. The number of ether oxygens (including phenoxy) is 1. The zero-order chi connectivity index (χ0) is 7.56. The van der Waals surface area contributed by atoms with Crippen LogP contribution in [-0.2, 0) is 4.74 Å². The van der Waals surface area contributed by atoms with Crippen LogP contribution < -0.4 is 0 Å². The summed E-state index contributed by atoms with van der Waals surface area (Å²) in [5.41, 5.74) is 0. The summed E-state index contributed by atoms with van der Waals surface area (Å²) in [6, 6.07) is 0.787. The molecule has 1 fully saturated rings. The van der Waals surface area contributed by atoms with Crippen molar-refractivity contribution in [2.75, 3.05) is 20.7 Å². The van der Waals surface area contributed by atoms with Gasteiger partial charge in [-0.2, -0.15) is 0 Å². The number of hydrogen-bond donors (Lipinski definition) is 0. The third kappa shape index (κ3) is 1.50. The molecule has 0 aromatic carbocycles. The van der Waals surface area contributed by atoms with Gasteiger partial charge in [-0.1, -0.05) is 6.92 Å². The lowest BCUT2D eigenvalue weighted by Crippen LogP contribution is -2.45. The Morgan fingerprint density at radius 2 is 2.10 bits per heavy atom. The van der Waals surface area contributed by atoms with Gasteiger partial charge in [-0.25, -0.2) is 0 Å². The lowest BCUT2D eigenvalue weighted by atomic mass is 9.88. The number of rotatable bonds is 3. The molecule has 1 rings (SSSR count). The van der Waals surface area contributed by atoms with E-state index in [-0.39, 0.29) is 0 Å². The standard InChI is InChI=1S/C8H17NO/c1-4-9(2)7-5-8(6-7)10-3/h7-8H,4-6H2,1-3H3. The Balaban J connectivity index is 2.13. The topological polar surface area (TPSA) is 12.5 Å². The molecule has 1 aliphatic carbocycles. The fourth-order valence-corrected chi connectivity index (χ4v) is 1.35. The van der Waals surface area contributed by atoms with Gasteiger partial charge >= 0.3 is 0 Å². The second-order valence-corrected chi connectivity index (χ2v) is 3.06. The number of methoxy groups -OCH3 is 1. The molecule has 0 N–H and O–H groups in total. The van der Waals surface area contributed by atoms with Crippen LogP contribution in [0.1, 0.15) is 19.8 Å². The summed E-state index contributed by atoms with van der Waals surface area (Å²) in [6.45, 7) is 3.35. The Kier molecular flexibility index (Phi) is 2.69. The van der Waals surface area contributed by atoms with Crippen molar-refractivity contribution in [1.82, 2.24) is 4.90 Å². The Labute approximate surface area is 63.2 Å². The van der Waals surface area contributed by atoms with Gasteiger partial charge in [0.25, 0.3) is 0 Å². The van der Waals surface area contributed by atoms with Gasteiger partial charge in [-0.05, 0) is 26.4 Å². The first-order valence-corrected chi connectivity index (χ1v) is 4.01. The van der Waals surface area contributed by atoms with Gasteiger partial charge in [0.15, 0.2) is 0 Å². The molecular weight excluding hydrogens is 126 g/mol. The molecule has 0 unspecified atom stereocenters. The van der Waals surface area contributed by atoms with E-state index in [0.29, 0.717) is 6.10 Å². The van der Waals surface area contributed by atoms with Gasteiger partial charge < -0.3 is 9.64 Å². The summed E-state index contributed by atoms with van der Waals surface area (Å²) in [5.74, 6) is 0. The molecule has 2 heteroatoms. The lowest BCUT2D eigenvalue weighted by molar-refractivity contribution is -0.0179. The molecule has 1 aliphatic rings. The predicted molar refractivity (Wildman–Crippen MR) is 42.1 cm³/mol. The highest BCUT2D eigenvalue weighted by Gasteiger charge is 2.30. The fraction of sp³-hybridized carbons (Fsp3) is 1.00. The highest BCUT2D eigenvalue weighted by molar-refractivity contribution is 4.86. The molecule has 10 heavy (non-hydrogen) atoms. The van der Waals surface area contributed by atoms with E-state index in [1.165, 1.54) is 12.8 Å². The highest BCUT2D eigenvalue weighted by Crippen LogP contribution is 2.26. The van der Waals surface area contributed by atoms with E-state index in [1.807, 2.05) is 0 Å². The normalized spacial score (nSPS) is 32.4. The molecule has 2 nitrogen and oxygen atoms in total. The molecule has 0 heterocycles. The molecular formula is C8H17NO. The third-order valence-corrected chi connectivity index (χ3v) is 2.53. The summed E-state index contributed by atoms with van der Waals surface area (Å²) in [7, 11) is 3.98. The first kappa shape index (κ1) is 8.02. The summed E-state index contributed by atoms with van der Waals surface area (Å²) in [5, 5.41) is 0. The minimum absolute atomic E-state index is 0.541. The molecule has 0 atom stereocenters. The van der Waals surface area contributed by atoms with Crippen molar-refractivity contribution in [2.45, 2.75) is 31.9 Å². The summed E-state index contributed by atoms with van der Waals surface area (Å²) in [6.07, 6.45) is 2.99. The monoisotopic (exact) mass is 143 g/mol. The first-order valence-electron chi connectivity index (χ1n) is 4.01. The Bertz CT molecular complexity index is 99.4. The van der Waals surface area contributed by atoms with Crippen molar-refractivity contribution < 1.29 is 4.74 Å². The van der Waals surface area contributed by atoms with Gasteiger partial charge in [-0.3, -0.25) is 0 Å². The van der Waals surface area contributed by atoms with E-state index < -0.39 is 0 Å². The van der Waals surface area contributed by atoms with Gasteiger partial charge in [0.2, 0.25) is 0 Å². The zero-order valence-electron chi connectivity index (χ0n) is 7.13. The second kappa shape index (κ2) is 3.35. The number of hydrogen-bond acceptors (Lipinski definition) is 2. The number of nitrogens with zero attached hydrogens (tertiary/aromatic N) is 1. The fourth-order valence-electron chi connectivity index (χ4n) is 1.35. The maximum absolute atomic E-state index is 5.18. The van der Waals surface area contributed by atoms with Crippen LogP contribution in [0.4, 0.5) is 0 Å². The molecule has 0 amide bonds. The molecule has 0 spiro atoms. The Hall–Kier alpha value is -0.0800. The van der Waals surface area contributed by atoms with E-state index in [1.54, 1.807) is 7.11 Å². The Morgan fingerprint density at radius 1 is 1.50 bits per heavy atom. The third-order valence-electron chi connectivity index (χ3n) is 2.53. The van der Waals surface area contributed by atoms with Crippen LogP contribution >= 0.6 is 0 Å². The molecule has 0 saturated heterocycles. The van der Waals surface area contributed by atoms with Gasteiger partial charge in [-0.15, -0.1) is 0 Å². The maximum Gasteiger partial charge on any atom is 0.0601 e. The molecule has 60 valence electrons. The quantitative estimate of drug-likeness (QED) is 0.587. The van der Waals surface area contributed by atoms with E-state index >= 15 is 0 Å². The molecule has 0 radical (unpaired) electrons. The lowest BCUT2D eigenvalue weighted by Gasteiger charge is -2.39. The first-order chi connectivity index (χ1) is 4.77. The summed E-state index contributed by atoms with van der Waals surface area (Å²) >= 11 is 0. The molecule has 0 aromatic rings. The average molecular weight is 143 g/mol. The van der Waals surface area contributed by atoms with Crippen LogP contribution in [0.25, 0.3) is 0 Å². The minimum atomic E-state index is 0.541. The van der Waals surface area contributed by atoms with E-state index in [2.05, 4.69) is 18.9 Å². The van der Waals surface area contributed by atoms with Crippen LogP contribution in [0.2, 0.25) is 0 Å². The molecule has 0 aliphatic heterocycles. The SMILES string of the molecule is CCN(C)C1CC(OC)C1. The van der Waals surface area contributed by atoms with Crippen LogP contribution in [-0.4, -0.2) is 37.7 Å². The smallest absolute Gasteiger partial charge is 0.0601 e. The van der Waals surface area contributed by atoms with E-state index in [4.69, 9.17) is 4.74 Å². The highest BCUT2D eigenvalue weighted by atomic mass is 16.5.